The van der Waals surface area contributed by atoms with Crippen molar-refractivity contribution in [2.75, 3.05) is 0 Å². The second kappa shape index (κ2) is 5.34. The highest BCUT2D eigenvalue weighted by atomic mass is 16.6. The zero-order valence-corrected chi connectivity index (χ0v) is 11.5. The molecule has 3 aromatic rings. The van der Waals surface area contributed by atoms with E-state index in [1.165, 1.54) is 36.4 Å². The van der Waals surface area contributed by atoms with Gasteiger partial charge in [0.05, 0.1) is 21.4 Å². The molecule has 0 amide bonds. The highest BCUT2D eigenvalue weighted by Gasteiger charge is 2.12. The Hall–Kier alpha value is -3.55. The fourth-order valence-corrected chi connectivity index (χ4v) is 2.18. The van der Waals surface area contributed by atoms with Crippen LogP contribution in [0.1, 0.15) is 10.4 Å². The Morgan fingerprint density at radius 1 is 1.22 bits per heavy atom. The Labute approximate surface area is 128 Å². The third-order valence-electron chi connectivity index (χ3n) is 3.28. The number of aromatic amines is 1. The van der Waals surface area contributed by atoms with Crippen LogP contribution in [0.25, 0.3) is 22.3 Å². The number of carboxylic acid groups (broad SMARTS) is 1. The standard InChI is InChI=1S/C15H9N3O5/c19-14-11-5-4-9(15(20)21)7-12(11)16-13(17-14)8-2-1-3-10(6-8)18(22)23/h1-7H,(H,20,21)(H,16,17,19). The van der Waals surface area contributed by atoms with Crippen LogP contribution in [0.3, 0.4) is 0 Å². The first-order valence-corrected chi connectivity index (χ1v) is 6.48. The molecule has 0 aliphatic rings. The number of non-ortho nitro benzene ring substituents is 1. The first-order chi connectivity index (χ1) is 11.0. The quantitative estimate of drug-likeness (QED) is 0.564. The molecule has 2 aromatic carbocycles. The first kappa shape index (κ1) is 14.4. The van der Waals surface area contributed by atoms with Crippen molar-refractivity contribution in [1.29, 1.82) is 0 Å². The van der Waals surface area contributed by atoms with Crippen LogP contribution >= 0.6 is 0 Å². The van der Waals surface area contributed by atoms with Crippen LogP contribution < -0.4 is 5.56 Å². The third-order valence-corrected chi connectivity index (χ3v) is 3.28. The molecule has 0 saturated heterocycles. The molecule has 1 heterocycles. The fraction of sp³-hybridized carbons (Fsp3) is 0. The smallest absolute Gasteiger partial charge is 0.335 e. The molecule has 23 heavy (non-hydrogen) atoms. The summed E-state index contributed by atoms with van der Waals surface area (Å²) in [7, 11) is 0. The summed E-state index contributed by atoms with van der Waals surface area (Å²) in [5, 5.41) is 20.1. The number of nitro benzene ring substituents is 1. The maximum atomic E-state index is 12.1. The van der Waals surface area contributed by atoms with Gasteiger partial charge in [-0.3, -0.25) is 14.9 Å². The molecule has 0 atom stereocenters. The molecule has 0 saturated carbocycles. The SMILES string of the molecule is O=C(O)c1ccc2c(=O)[nH]c(-c3cccc([N+](=O)[O-])c3)nc2c1. The van der Waals surface area contributed by atoms with Crippen molar-refractivity contribution in [1.82, 2.24) is 9.97 Å². The monoisotopic (exact) mass is 311 g/mol. The Morgan fingerprint density at radius 2 is 2.00 bits per heavy atom. The molecule has 8 heteroatoms. The number of nitrogens with zero attached hydrogens (tertiary/aromatic N) is 2. The van der Waals surface area contributed by atoms with Gasteiger partial charge in [0.25, 0.3) is 11.2 Å². The van der Waals surface area contributed by atoms with Crippen LogP contribution in [0.5, 0.6) is 0 Å². The van der Waals surface area contributed by atoms with E-state index in [4.69, 9.17) is 5.11 Å². The number of benzene rings is 2. The molecule has 0 fully saturated rings. The molecule has 0 radical (unpaired) electrons. The number of nitrogens with one attached hydrogen (secondary N) is 1. The van der Waals surface area contributed by atoms with Crippen molar-refractivity contribution in [3.05, 3.63) is 68.5 Å². The van der Waals surface area contributed by atoms with Gasteiger partial charge < -0.3 is 10.1 Å². The van der Waals surface area contributed by atoms with E-state index in [2.05, 4.69) is 9.97 Å². The van der Waals surface area contributed by atoms with Crippen LogP contribution in [0.15, 0.2) is 47.3 Å². The summed E-state index contributed by atoms with van der Waals surface area (Å²) in [6.45, 7) is 0. The molecular formula is C15H9N3O5. The number of hydrogen-bond donors (Lipinski definition) is 2. The van der Waals surface area contributed by atoms with Crippen LogP contribution in [-0.4, -0.2) is 26.0 Å². The van der Waals surface area contributed by atoms with Gasteiger partial charge in [-0.05, 0) is 18.2 Å². The van der Waals surface area contributed by atoms with Crippen molar-refractivity contribution < 1.29 is 14.8 Å². The number of fused-ring (bicyclic) bond motifs is 1. The zero-order valence-electron chi connectivity index (χ0n) is 11.5. The summed E-state index contributed by atoms with van der Waals surface area (Å²) >= 11 is 0. The minimum atomic E-state index is -1.13. The summed E-state index contributed by atoms with van der Waals surface area (Å²) < 4.78 is 0. The Kier molecular flexibility index (Phi) is 3.34. The van der Waals surface area contributed by atoms with Crippen molar-refractivity contribution in [2.45, 2.75) is 0 Å². The molecule has 8 nitrogen and oxygen atoms in total. The highest BCUT2D eigenvalue weighted by molar-refractivity contribution is 5.93. The molecule has 0 aliphatic carbocycles. The summed E-state index contributed by atoms with van der Waals surface area (Å²) in [4.78, 5) is 40.1. The van der Waals surface area contributed by atoms with Crippen LogP contribution in [0.2, 0.25) is 0 Å². The second-order valence-electron chi connectivity index (χ2n) is 4.76. The predicted molar refractivity (Wildman–Crippen MR) is 81.4 cm³/mol. The molecule has 2 N–H and O–H groups in total. The first-order valence-electron chi connectivity index (χ1n) is 6.48. The lowest BCUT2D eigenvalue weighted by Gasteiger charge is -2.04. The van der Waals surface area contributed by atoms with E-state index >= 15 is 0 Å². The van der Waals surface area contributed by atoms with Gasteiger partial charge >= 0.3 is 5.97 Å². The van der Waals surface area contributed by atoms with Crippen molar-refractivity contribution in [3.8, 4) is 11.4 Å². The number of carboxylic acids is 1. The van der Waals surface area contributed by atoms with E-state index in [1.54, 1.807) is 6.07 Å². The average molecular weight is 311 g/mol. The molecule has 0 unspecified atom stereocenters. The van der Waals surface area contributed by atoms with Crippen LogP contribution in [0.4, 0.5) is 5.69 Å². The lowest BCUT2D eigenvalue weighted by molar-refractivity contribution is -0.384. The number of nitro groups is 1. The predicted octanol–water partition coefficient (Wildman–Crippen LogP) is 2.20. The van der Waals surface area contributed by atoms with Gasteiger partial charge in [0.1, 0.15) is 5.82 Å². The summed E-state index contributed by atoms with van der Waals surface area (Å²) in [6.07, 6.45) is 0. The van der Waals surface area contributed by atoms with Crippen molar-refractivity contribution >= 4 is 22.6 Å². The second-order valence-corrected chi connectivity index (χ2v) is 4.76. The Bertz CT molecular complexity index is 1010. The number of hydrogen-bond acceptors (Lipinski definition) is 5. The van der Waals surface area contributed by atoms with Crippen LogP contribution in [0, 0.1) is 10.1 Å². The lowest BCUT2D eigenvalue weighted by atomic mass is 10.1. The Morgan fingerprint density at radius 3 is 2.70 bits per heavy atom. The highest BCUT2D eigenvalue weighted by Crippen LogP contribution is 2.21. The van der Waals surface area contributed by atoms with Crippen molar-refractivity contribution in [2.24, 2.45) is 0 Å². The molecular weight excluding hydrogens is 302 g/mol. The topological polar surface area (TPSA) is 126 Å². The minimum absolute atomic E-state index is 0.000548. The number of H-pyrrole nitrogens is 1. The van der Waals surface area contributed by atoms with Gasteiger partial charge in [0.15, 0.2) is 0 Å². The number of aromatic carboxylic acids is 1. The number of rotatable bonds is 3. The van der Waals surface area contributed by atoms with Gasteiger partial charge in [-0.1, -0.05) is 12.1 Å². The maximum Gasteiger partial charge on any atom is 0.335 e. The average Bonchev–Trinajstić information content (AvgIpc) is 2.54. The van der Waals surface area contributed by atoms with Crippen LogP contribution in [-0.2, 0) is 0 Å². The molecule has 0 aliphatic heterocycles. The van der Waals surface area contributed by atoms with Gasteiger partial charge in [-0.25, -0.2) is 9.78 Å². The lowest BCUT2D eigenvalue weighted by Crippen LogP contribution is -2.10. The van der Waals surface area contributed by atoms with E-state index in [9.17, 15) is 19.7 Å². The molecule has 3 rings (SSSR count). The minimum Gasteiger partial charge on any atom is -0.478 e. The Balaban J connectivity index is 2.22. The summed E-state index contributed by atoms with van der Waals surface area (Å²) in [6, 6.07) is 9.63. The molecule has 0 bridgehead atoms. The molecule has 1 aromatic heterocycles. The van der Waals surface area contributed by atoms with E-state index < -0.39 is 16.5 Å². The molecule has 114 valence electrons. The van der Waals surface area contributed by atoms with E-state index in [1.807, 2.05) is 0 Å². The maximum absolute atomic E-state index is 12.1. The van der Waals surface area contributed by atoms with Gasteiger partial charge in [0, 0.05) is 17.7 Å². The number of carbonyl (C=O) groups is 1. The summed E-state index contributed by atoms with van der Waals surface area (Å²) in [5.41, 5.74) is -0.0207. The number of aromatic nitrogens is 2. The van der Waals surface area contributed by atoms with E-state index in [0.29, 0.717) is 5.56 Å². The third kappa shape index (κ3) is 2.64. The summed E-state index contributed by atoms with van der Waals surface area (Å²) in [5.74, 6) is -1.00. The fourth-order valence-electron chi connectivity index (χ4n) is 2.18. The van der Waals surface area contributed by atoms with E-state index in [-0.39, 0.29) is 28.0 Å². The normalized spacial score (nSPS) is 10.6. The molecule has 0 spiro atoms. The van der Waals surface area contributed by atoms with Gasteiger partial charge in [-0.15, -0.1) is 0 Å². The van der Waals surface area contributed by atoms with Gasteiger partial charge in [-0.2, -0.15) is 0 Å². The van der Waals surface area contributed by atoms with Crippen molar-refractivity contribution in [3.63, 3.8) is 0 Å². The zero-order chi connectivity index (χ0) is 16.6. The van der Waals surface area contributed by atoms with Gasteiger partial charge in [0.2, 0.25) is 0 Å². The largest absolute Gasteiger partial charge is 0.478 e. The van der Waals surface area contributed by atoms with E-state index in [0.717, 1.165) is 0 Å².